The van der Waals surface area contributed by atoms with Gasteiger partial charge in [-0.25, -0.2) is 13.6 Å². The van der Waals surface area contributed by atoms with E-state index >= 15 is 0 Å². The van der Waals surface area contributed by atoms with Crippen molar-refractivity contribution < 1.29 is 13.2 Å². The van der Waals surface area contributed by atoms with Crippen molar-refractivity contribution in [2.75, 3.05) is 5.75 Å². The van der Waals surface area contributed by atoms with Crippen LogP contribution in [-0.2, 0) is 10.0 Å². The third-order valence-corrected chi connectivity index (χ3v) is 2.42. The summed E-state index contributed by atoms with van der Waals surface area (Å²) in [5.41, 5.74) is 0.281. The SMILES string of the molecule is NS(=O)(=O)CC(=O)c1ccc(Cl)cc1. The fourth-order valence-electron chi connectivity index (χ4n) is 0.902. The van der Waals surface area contributed by atoms with Crippen LogP contribution in [0.25, 0.3) is 0 Å². The highest BCUT2D eigenvalue weighted by atomic mass is 35.5. The van der Waals surface area contributed by atoms with Gasteiger partial charge in [-0.2, -0.15) is 0 Å². The van der Waals surface area contributed by atoms with Gasteiger partial charge in [0.2, 0.25) is 10.0 Å². The summed E-state index contributed by atoms with van der Waals surface area (Å²) in [4.78, 5) is 11.3. The minimum atomic E-state index is -3.76. The standard InChI is InChI=1S/C8H8ClNO3S/c9-7-3-1-6(2-4-7)8(11)5-14(10,12)13/h1-4H,5H2,(H2,10,12,13). The van der Waals surface area contributed by atoms with Crippen LogP contribution in [0.5, 0.6) is 0 Å². The van der Waals surface area contributed by atoms with Crippen LogP contribution in [0.4, 0.5) is 0 Å². The first-order valence-electron chi connectivity index (χ1n) is 3.68. The number of Topliss-reactive ketones (excluding diaryl/α,β-unsaturated/α-hetero) is 1. The molecule has 0 unspecified atom stereocenters. The molecule has 0 saturated carbocycles. The molecule has 0 amide bonds. The Morgan fingerprint density at radius 1 is 1.29 bits per heavy atom. The lowest BCUT2D eigenvalue weighted by Crippen LogP contribution is -2.23. The van der Waals surface area contributed by atoms with Crippen molar-refractivity contribution in [3.63, 3.8) is 0 Å². The fourth-order valence-corrected chi connectivity index (χ4v) is 1.56. The predicted octanol–water partition coefficient (Wildman–Crippen LogP) is 0.811. The highest BCUT2D eigenvalue weighted by Crippen LogP contribution is 2.10. The molecule has 0 aliphatic rings. The van der Waals surface area contributed by atoms with Gasteiger partial charge >= 0.3 is 0 Å². The largest absolute Gasteiger partial charge is 0.293 e. The van der Waals surface area contributed by atoms with Crippen molar-refractivity contribution >= 4 is 27.4 Å². The molecule has 6 heteroatoms. The lowest BCUT2D eigenvalue weighted by Gasteiger charge is -1.98. The second-order valence-corrected chi connectivity index (χ2v) is 4.79. The molecule has 14 heavy (non-hydrogen) atoms. The van der Waals surface area contributed by atoms with Crippen LogP contribution in [-0.4, -0.2) is 20.0 Å². The van der Waals surface area contributed by atoms with Crippen LogP contribution < -0.4 is 5.14 Å². The molecular formula is C8H8ClNO3S. The Balaban J connectivity index is 2.86. The lowest BCUT2D eigenvalue weighted by molar-refractivity contribution is 0.102. The zero-order chi connectivity index (χ0) is 10.8. The number of ketones is 1. The number of sulfonamides is 1. The number of hydrogen-bond donors (Lipinski definition) is 1. The first-order chi connectivity index (χ1) is 6.38. The molecule has 2 N–H and O–H groups in total. The monoisotopic (exact) mass is 233 g/mol. The average molecular weight is 234 g/mol. The second-order valence-electron chi connectivity index (χ2n) is 2.74. The maximum absolute atomic E-state index is 11.3. The van der Waals surface area contributed by atoms with E-state index < -0.39 is 21.6 Å². The van der Waals surface area contributed by atoms with Crippen LogP contribution in [0.3, 0.4) is 0 Å². The number of nitrogens with two attached hydrogens (primary N) is 1. The summed E-state index contributed by atoms with van der Waals surface area (Å²) in [5.74, 6) is -1.22. The summed E-state index contributed by atoms with van der Waals surface area (Å²) in [6.45, 7) is 0. The molecule has 76 valence electrons. The summed E-state index contributed by atoms with van der Waals surface area (Å²) >= 11 is 5.60. The Morgan fingerprint density at radius 2 is 1.79 bits per heavy atom. The number of carbonyl (C=O) groups is 1. The summed E-state index contributed by atoms with van der Waals surface area (Å²) < 4.78 is 21.2. The number of halogens is 1. The molecule has 0 saturated heterocycles. The van der Waals surface area contributed by atoms with Crippen molar-refractivity contribution in [2.24, 2.45) is 5.14 Å². The van der Waals surface area contributed by atoms with Gasteiger partial charge in [0.15, 0.2) is 5.78 Å². The highest BCUT2D eigenvalue weighted by Gasteiger charge is 2.13. The van der Waals surface area contributed by atoms with Gasteiger partial charge in [-0.05, 0) is 24.3 Å². The summed E-state index contributed by atoms with van der Waals surface area (Å²) in [7, 11) is -3.76. The summed E-state index contributed by atoms with van der Waals surface area (Å²) in [6.07, 6.45) is 0. The van der Waals surface area contributed by atoms with E-state index in [1.165, 1.54) is 24.3 Å². The van der Waals surface area contributed by atoms with Gasteiger partial charge in [-0.15, -0.1) is 0 Å². The Hall–Kier alpha value is -0.910. The van der Waals surface area contributed by atoms with Gasteiger partial charge in [-0.1, -0.05) is 11.6 Å². The van der Waals surface area contributed by atoms with Crippen LogP contribution in [0, 0.1) is 0 Å². The highest BCUT2D eigenvalue weighted by molar-refractivity contribution is 7.89. The number of carbonyl (C=O) groups excluding carboxylic acids is 1. The molecule has 1 rings (SSSR count). The van der Waals surface area contributed by atoms with E-state index in [2.05, 4.69) is 0 Å². The van der Waals surface area contributed by atoms with Crippen molar-refractivity contribution in [1.82, 2.24) is 0 Å². The van der Waals surface area contributed by atoms with Crippen LogP contribution in [0.1, 0.15) is 10.4 Å². The van der Waals surface area contributed by atoms with Gasteiger partial charge in [0.05, 0.1) is 0 Å². The molecule has 0 aliphatic heterocycles. The van der Waals surface area contributed by atoms with Crippen molar-refractivity contribution in [1.29, 1.82) is 0 Å². The second kappa shape index (κ2) is 4.08. The van der Waals surface area contributed by atoms with E-state index in [-0.39, 0.29) is 5.56 Å². The number of rotatable bonds is 3. The maximum Gasteiger partial charge on any atom is 0.216 e. The Bertz CT molecular complexity index is 438. The minimum absolute atomic E-state index is 0.281. The number of primary sulfonamides is 1. The van der Waals surface area contributed by atoms with E-state index in [0.29, 0.717) is 5.02 Å². The lowest BCUT2D eigenvalue weighted by atomic mass is 10.1. The summed E-state index contributed by atoms with van der Waals surface area (Å²) in [6, 6.07) is 5.93. The molecule has 0 heterocycles. The van der Waals surface area contributed by atoms with Gasteiger partial charge in [0, 0.05) is 10.6 Å². The zero-order valence-corrected chi connectivity index (χ0v) is 8.68. The van der Waals surface area contributed by atoms with Crippen LogP contribution in [0.15, 0.2) is 24.3 Å². The van der Waals surface area contributed by atoms with Gasteiger partial charge in [0.1, 0.15) is 5.75 Å². The topological polar surface area (TPSA) is 77.2 Å². The third-order valence-electron chi connectivity index (χ3n) is 1.50. The number of benzene rings is 1. The van der Waals surface area contributed by atoms with E-state index in [9.17, 15) is 13.2 Å². The molecule has 1 aromatic carbocycles. The van der Waals surface area contributed by atoms with Crippen molar-refractivity contribution in [2.45, 2.75) is 0 Å². The van der Waals surface area contributed by atoms with Gasteiger partial charge in [-0.3, -0.25) is 4.79 Å². The Morgan fingerprint density at radius 3 is 2.21 bits per heavy atom. The first kappa shape index (κ1) is 11.2. The molecule has 0 fully saturated rings. The van der Waals surface area contributed by atoms with Crippen LogP contribution >= 0.6 is 11.6 Å². The Labute approximate surface area is 86.7 Å². The molecule has 0 atom stereocenters. The maximum atomic E-state index is 11.3. The van der Waals surface area contributed by atoms with E-state index in [4.69, 9.17) is 16.7 Å². The van der Waals surface area contributed by atoms with Gasteiger partial charge in [0.25, 0.3) is 0 Å². The smallest absolute Gasteiger partial charge is 0.216 e. The molecule has 0 aliphatic carbocycles. The molecular weight excluding hydrogens is 226 g/mol. The fraction of sp³-hybridized carbons (Fsp3) is 0.125. The predicted molar refractivity (Wildman–Crippen MR) is 53.8 cm³/mol. The Kier molecular flexibility index (Phi) is 3.25. The van der Waals surface area contributed by atoms with Crippen molar-refractivity contribution in [3.05, 3.63) is 34.9 Å². The quantitative estimate of drug-likeness (QED) is 0.785. The minimum Gasteiger partial charge on any atom is -0.293 e. The van der Waals surface area contributed by atoms with Gasteiger partial charge < -0.3 is 0 Å². The molecule has 4 nitrogen and oxygen atoms in total. The molecule has 1 aromatic rings. The molecule has 0 radical (unpaired) electrons. The van der Waals surface area contributed by atoms with Crippen molar-refractivity contribution in [3.8, 4) is 0 Å². The van der Waals surface area contributed by atoms with E-state index in [1.54, 1.807) is 0 Å². The average Bonchev–Trinajstić information content (AvgIpc) is 2.02. The van der Waals surface area contributed by atoms with Crippen LogP contribution in [0.2, 0.25) is 5.02 Å². The van der Waals surface area contributed by atoms with E-state index in [0.717, 1.165) is 0 Å². The molecule has 0 spiro atoms. The number of hydrogen-bond acceptors (Lipinski definition) is 3. The normalized spacial score (nSPS) is 11.3. The first-order valence-corrected chi connectivity index (χ1v) is 5.77. The van der Waals surface area contributed by atoms with E-state index in [1.807, 2.05) is 0 Å². The third kappa shape index (κ3) is 3.45. The summed E-state index contributed by atoms with van der Waals surface area (Å²) in [5, 5.41) is 5.21. The molecule has 0 aromatic heterocycles. The zero-order valence-electron chi connectivity index (χ0n) is 7.10. The molecule has 0 bridgehead atoms.